The second kappa shape index (κ2) is 9.03. The van der Waals surface area contributed by atoms with Gasteiger partial charge in [-0.15, -0.1) is 6.58 Å². The van der Waals surface area contributed by atoms with E-state index in [1.165, 1.54) is 13.2 Å². The zero-order valence-corrected chi connectivity index (χ0v) is 16.6. The molecule has 1 aromatic carbocycles. The van der Waals surface area contributed by atoms with Gasteiger partial charge >= 0.3 is 0 Å². The molecule has 2 aliphatic heterocycles. The third-order valence-corrected chi connectivity index (χ3v) is 5.66. The second-order valence-corrected chi connectivity index (χ2v) is 7.68. The minimum absolute atomic E-state index is 0.136. The van der Waals surface area contributed by atoms with E-state index < -0.39 is 5.60 Å². The standard InChI is InChI=1S/C21H30FN3O3/c1-3-8-23-10-12-24(13-11-23)16-21(27)7-4-9-25(20(21)26)15-17-14-18(28-2)5-6-19(17)22/h3,5-6,14,27H,1,4,7-13,15-16H2,2H3/t21-/m1/s1. The molecule has 1 N–H and O–H groups in total. The topological polar surface area (TPSA) is 56.3 Å². The smallest absolute Gasteiger partial charge is 0.256 e. The van der Waals surface area contributed by atoms with Crippen molar-refractivity contribution >= 4 is 5.91 Å². The molecule has 28 heavy (non-hydrogen) atoms. The Morgan fingerprint density at radius 1 is 1.25 bits per heavy atom. The third-order valence-electron chi connectivity index (χ3n) is 5.66. The summed E-state index contributed by atoms with van der Waals surface area (Å²) in [7, 11) is 1.52. The lowest BCUT2D eigenvalue weighted by Crippen LogP contribution is -2.60. The van der Waals surface area contributed by atoms with E-state index in [1.54, 1.807) is 17.0 Å². The molecule has 0 saturated carbocycles. The summed E-state index contributed by atoms with van der Waals surface area (Å²) in [6.07, 6.45) is 3.03. The highest BCUT2D eigenvalue weighted by Crippen LogP contribution is 2.27. The molecule has 0 aliphatic carbocycles. The van der Waals surface area contributed by atoms with Crippen LogP contribution in [0.2, 0.25) is 0 Å². The molecule has 1 aromatic rings. The van der Waals surface area contributed by atoms with Crippen LogP contribution in [0.25, 0.3) is 0 Å². The van der Waals surface area contributed by atoms with Gasteiger partial charge in [0.25, 0.3) is 5.91 Å². The number of carbonyl (C=O) groups excluding carboxylic acids is 1. The maximum Gasteiger partial charge on any atom is 0.256 e. The maximum atomic E-state index is 14.2. The molecule has 7 heteroatoms. The predicted molar refractivity (Wildman–Crippen MR) is 106 cm³/mol. The van der Waals surface area contributed by atoms with Gasteiger partial charge in [0.2, 0.25) is 0 Å². The van der Waals surface area contributed by atoms with E-state index in [9.17, 15) is 14.3 Å². The van der Waals surface area contributed by atoms with Gasteiger partial charge in [0.05, 0.1) is 7.11 Å². The molecule has 2 saturated heterocycles. The predicted octanol–water partition coefficient (Wildman–Crippen LogP) is 1.49. The highest BCUT2D eigenvalue weighted by molar-refractivity contribution is 5.86. The number of β-amino-alcohol motifs (C(OH)–C–C–N with tert-alkyl or cyclic N) is 1. The lowest BCUT2D eigenvalue weighted by atomic mass is 9.90. The second-order valence-electron chi connectivity index (χ2n) is 7.68. The fraction of sp³-hybridized carbons (Fsp3) is 0.571. The van der Waals surface area contributed by atoms with Crippen LogP contribution in [-0.2, 0) is 11.3 Å². The fourth-order valence-electron chi connectivity index (χ4n) is 4.05. The van der Waals surface area contributed by atoms with Crippen molar-refractivity contribution in [3.63, 3.8) is 0 Å². The van der Waals surface area contributed by atoms with Crippen LogP contribution in [0.5, 0.6) is 5.75 Å². The number of hydrogen-bond acceptors (Lipinski definition) is 5. The van der Waals surface area contributed by atoms with Crippen molar-refractivity contribution in [2.45, 2.75) is 25.0 Å². The molecule has 1 amide bonds. The molecule has 2 fully saturated rings. The minimum Gasteiger partial charge on any atom is -0.497 e. The summed E-state index contributed by atoms with van der Waals surface area (Å²) in [6, 6.07) is 4.51. The molecule has 0 spiro atoms. The average Bonchev–Trinajstić information content (AvgIpc) is 2.69. The van der Waals surface area contributed by atoms with E-state index in [1.807, 2.05) is 6.08 Å². The van der Waals surface area contributed by atoms with Gasteiger partial charge in [0.15, 0.2) is 5.60 Å². The van der Waals surface area contributed by atoms with Crippen molar-refractivity contribution < 1.29 is 19.0 Å². The Labute approximate surface area is 166 Å². The van der Waals surface area contributed by atoms with Crippen molar-refractivity contribution in [1.29, 1.82) is 0 Å². The van der Waals surface area contributed by atoms with Gasteiger partial charge in [-0.05, 0) is 31.0 Å². The van der Waals surface area contributed by atoms with Crippen LogP contribution in [0.1, 0.15) is 18.4 Å². The van der Waals surface area contributed by atoms with E-state index in [0.29, 0.717) is 37.2 Å². The lowest BCUT2D eigenvalue weighted by molar-refractivity contribution is -0.160. The number of methoxy groups -OCH3 is 1. The summed E-state index contributed by atoms with van der Waals surface area (Å²) in [5.74, 6) is -0.135. The Morgan fingerprint density at radius 2 is 1.96 bits per heavy atom. The summed E-state index contributed by atoms with van der Waals surface area (Å²) < 4.78 is 19.3. The number of nitrogens with zero attached hydrogens (tertiary/aromatic N) is 3. The SMILES string of the molecule is C=CCN1CCN(C[C@]2(O)CCCN(Cc3cc(OC)ccc3F)C2=O)CC1. The van der Waals surface area contributed by atoms with Gasteiger partial charge in [-0.2, -0.15) is 0 Å². The zero-order valence-electron chi connectivity index (χ0n) is 16.6. The number of amides is 1. The monoisotopic (exact) mass is 391 g/mol. The van der Waals surface area contributed by atoms with E-state index >= 15 is 0 Å². The zero-order chi connectivity index (χ0) is 20.1. The van der Waals surface area contributed by atoms with Gasteiger partial charge in [-0.1, -0.05) is 6.08 Å². The van der Waals surface area contributed by atoms with Gasteiger partial charge in [-0.3, -0.25) is 14.6 Å². The number of benzene rings is 1. The van der Waals surface area contributed by atoms with Crippen molar-refractivity contribution in [2.24, 2.45) is 0 Å². The summed E-state index contributed by atoms with van der Waals surface area (Å²) in [6.45, 7) is 9.03. The minimum atomic E-state index is -1.41. The number of rotatable bonds is 7. The lowest BCUT2D eigenvalue weighted by Gasteiger charge is -2.43. The molecule has 0 bridgehead atoms. The number of piperidine rings is 1. The summed E-state index contributed by atoms with van der Waals surface area (Å²) >= 11 is 0. The van der Waals surface area contributed by atoms with Crippen LogP contribution in [0.3, 0.4) is 0 Å². The molecule has 3 rings (SSSR count). The number of hydrogen-bond donors (Lipinski definition) is 1. The summed E-state index contributed by atoms with van der Waals surface area (Å²) in [5, 5.41) is 11.1. The largest absolute Gasteiger partial charge is 0.497 e. The first kappa shape index (κ1) is 20.8. The summed E-state index contributed by atoms with van der Waals surface area (Å²) in [4.78, 5) is 19.0. The number of halogens is 1. The normalized spacial score (nSPS) is 24.4. The fourth-order valence-corrected chi connectivity index (χ4v) is 4.05. The van der Waals surface area contributed by atoms with E-state index in [0.717, 1.165) is 32.7 Å². The molecule has 0 aromatic heterocycles. The van der Waals surface area contributed by atoms with Crippen LogP contribution in [-0.4, -0.2) is 84.2 Å². The number of ether oxygens (including phenoxy) is 1. The number of likely N-dealkylation sites (tertiary alicyclic amines) is 1. The van der Waals surface area contributed by atoms with Crippen molar-refractivity contribution in [3.05, 3.63) is 42.2 Å². The Balaban J connectivity index is 1.64. The summed E-state index contributed by atoms with van der Waals surface area (Å²) in [5.41, 5.74) is -1.01. The van der Waals surface area contributed by atoms with Crippen LogP contribution in [0.15, 0.2) is 30.9 Å². The molecule has 154 valence electrons. The van der Waals surface area contributed by atoms with Gasteiger partial charge in [0, 0.05) is 57.9 Å². The Hall–Kier alpha value is -1.96. The van der Waals surface area contributed by atoms with Gasteiger partial charge in [0.1, 0.15) is 11.6 Å². The van der Waals surface area contributed by atoms with Crippen molar-refractivity contribution in [2.75, 3.05) is 52.9 Å². The molecule has 6 nitrogen and oxygen atoms in total. The molecule has 0 radical (unpaired) electrons. The number of carbonyl (C=O) groups is 1. The average molecular weight is 391 g/mol. The van der Waals surface area contributed by atoms with Crippen molar-refractivity contribution in [1.82, 2.24) is 14.7 Å². The van der Waals surface area contributed by atoms with E-state index in [4.69, 9.17) is 4.74 Å². The van der Waals surface area contributed by atoms with Crippen LogP contribution < -0.4 is 4.74 Å². The quantitative estimate of drug-likeness (QED) is 0.714. The first-order chi connectivity index (χ1) is 13.4. The Morgan fingerprint density at radius 3 is 2.64 bits per heavy atom. The maximum absolute atomic E-state index is 14.2. The van der Waals surface area contributed by atoms with Crippen LogP contribution in [0.4, 0.5) is 4.39 Å². The van der Waals surface area contributed by atoms with E-state index in [2.05, 4.69) is 16.4 Å². The van der Waals surface area contributed by atoms with Crippen molar-refractivity contribution in [3.8, 4) is 5.75 Å². The highest BCUT2D eigenvalue weighted by Gasteiger charge is 2.43. The van der Waals surface area contributed by atoms with E-state index in [-0.39, 0.29) is 18.3 Å². The van der Waals surface area contributed by atoms with Gasteiger partial charge in [-0.25, -0.2) is 4.39 Å². The highest BCUT2D eigenvalue weighted by atomic mass is 19.1. The molecule has 2 heterocycles. The molecule has 0 unspecified atom stereocenters. The Kier molecular flexibility index (Phi) is 6.69. The molecule has 2 aliphatic rings. The Bertz CT molecular complexity index is 706. The first-order valence-corrected chi connectivity index (χ1v) is 9.85. The van der Waals surface area contributed by atoms with Gasteiger partial charge < -0.3 is 14.7 Å². The first-order valence-electron chi connectivity index (χ1n) is 9.85. The number of piperazine rings is 1. The molecule has 1 atom stereocenters. The number of aliphatic hydroxyl groups is 1. The van der Waals surface area contributed by atoms with Crippen LogP contribution in [0, 0.1) is 5.82 Å². The molecular weight excluding hydrogens is 361 g/mol. The van der Waals surface area contributed by atoms with Crippen LogP contribution >= 0.6 is 0 Å². The molecular formula is C21H30FN3O3. The third kappa shape index (κ3) is 4.71.